The summed E-state index contributed by atoms with van der Waals surface area (Å²) in [6.07, 6.45) is 0.901. The largest absolute Gasteiger partial charge is 0.391 e. The highest BCUT2D eigenvalue weighted by Crippen LogP contribution is 2.33. The third-order valence-electron chi connectivity index (χ3n) is 4.03. The average molecular weight is 303 g/mol. The molecule has 0 amide bonds. The average Bonchev–Trinajstić information content (AvgIpc) is 2.74. The third kappa shape index (κ3) is 2.72. The molecule has 19 heavy (non-hydrogen) atoms. The molecule has 4 nitrogen and oxygen atoms in total. The minimum atomic E-state index is -3.46. The van der Waals surface area contributed by atoms with Gasteiger partial charge >= 0.3 is 0 Å². The molecule has 1 N–H and O–H groups in total. The first-order chi connectivity index (χ1) is 8.87. The number of thiophene rings is 1. The van der Waals surface area contributed by atoms with E-state index in [2.05, 4.69) is 13.8 Å². The Morgan fingerprint density at radius 2 is 2.11 bits per heavy atom. The van der Waals surface area contributed by atoms with E-state index in [9.17, 15) is 13.5 Å². The van der Waals surface area contributed by atoms with Crippen LogP contribution < -0.4 is 0 Å². The van der Waals surface area contributed by atoms with Crippen molar-refractivity contribution in [3.63, 3.8) is 0 Å². The Bertz CT molecular complexity index is 550. The molecule has 2 rings (SSSR count). The lowest BCUT2D eigenvalue weighted by atomic mass is 9.90. The predicted molar refractivity (Wildman–Crippen MR) is 76.7 cm³/mol. The van der Waals surface area contributed by atoms with Gasteiger partial charge in [0.15, 0.2) is 0 Å². The normalized spacial score (nSPS) is 25.7. The number of hydrogen-bond acceptors (Lipinski definition) is 4. The van der Waals surface area contributed by atoms with Gasteiger partial charge in [-0.1, -0.05) is 13.8 Å². The number of nitrogens with zero attached hydrogens (tertiary/aromatic N) is 1. The summed E-state index contributed by atoms with van der Waals surface area (Å²) in [6.45, 7) is 6.99. The van der Waals surface area contributed by atoms with E-state index in [0.717, 1.165) is 12.0 Å². The summed E-state index contributed by atoms with van der Waals surface area (Å²) in [5, 5.41) is 11.1. The van der Waals surface area contributed by atoms with Gasteiger partial charge in [0.1, 0.15) is 4.90 Å². The fourth-order valence-electron chi connectivity index (χ4n) is 2.51. The van der Waals surface area contributed by atoms with E-state index in [-0.39, 0.29) is 6.61 Å². The highest BCUT2D eigenvalue weighted by Gasteiger charge is 2.34. The minimum absolute atomic E-state index is 0.215. The van der Waals surface area contributed by atoms with Crippen LogP contribution in [0.2, 0.25) is 0 Å². The van der Waals surface area contributed by atoms with Crippen molar-refractivity contribution in [3.05, 3.63) is 15.8 Å². The van der Waals surface area contributed by atoms with E-state index in [1.54, 1.807) is 16.6 Å². The highest BCUT2D eigenvalue weighted by atomic mass is 32.2. The number of rotatable bonds is 3. The van der Waals surface area contributed by atoms with Crippen LogP contribution in [0.4, 0.5) is 0 Å². The van der Waals surface area contributed by atoms with E-state index < -0.39 is 10.0 Å². The highest BCUT2D eigenvalue weighted by molar-refractivity contribution is 7.89. The lowest BCUT2D eigenvalue weighted by Crippen LogP contribution is -2.42. The van der Waals surface area contributed by atoms with Gasteiger partial charge in [0.2, 0.25) is 10.0 Å². The smallest absolute Gasteiger partial charge is 0.244 e. The van der Waals surface area contributed by atoms with Crippen LogP contribution in [-0.2, 0) is 16.6 Å². The second-order valence-corrected chi connectivity index (χ2v) is 8.27. The molecule has 2 heterocycles. The van der Waals surface area contributed by atoms with Gasteiger partial charge in [-0.3, -0.25) is 0 Å². The zero-order chi connectivity index (χ0) is 14.2. The predicted octanol–water partition coefficient (Wildman–Crippen LogP) is 2.22. The molecule has 0 saturated carbocycles. The van der Waals surface area contributed by atoms with Crippen molar-refractivity contribution in [2.75, 3.05) is 13.1 Å². The molecule has 2 atom stereocenters. The van der Waals surface area contributed by atoms with Crippen molar-refractivity contribution in [1.29, 1.82) is 0 Å². The van der Waals surface area contributed by atoms with Gasteiger partial charge in [-0.15, -0.1) is 11.3 Å². The maximum Gasteiger partial charge on any atom is 0.244 e. The summed E-state index contributed by atoms with van der Waals surface area (Å²) in [5.74, 6) is 0.937. The van der Waals surface area contributed by atoms with Crippen LogP contribution in [-0.4, -0.2) is 30.9 Å². The molecule has 0 bridgehead atoms. The van der Waals surface area contributed by atoms with Crippen molar-refractivity contribution in [3.8, 4) is 0 Å². The number of piperidine rings is 1. The molecule has 0 radical (unpaired) electrons. The Morgan fingerprint density at radius 3 is 2.68 bits per heavy atom. The molecule has 1 aliphatic heterocycles. The number of aliphatic hydroxyl groups excluding tert-OH is 1. The number of aliphatic hydroxyl groups is 1. The van der Waals surface area contributed by atoms with Crippen LogP contribution in [0.3, 0.4) is 0 Å². The van der Waals surface area contributed by atoms with E-state index in [1.165, 1.54) is 11.3 Å². The standard InChI is InChI=1S/C13H21NO3S2/c1-9-4-5-14(6-10(9)2)19(16,17)13-11(3)8-18-12(13)7-15/h8-10,15H,4-7H2,1-3H3. The topological polar surface area (TPSA) is 57.6 Å². The molecule has 1 saturated heterocycles. The summed E-state index contributed by atoms with van der Waals surface area (Å²) >= 11 is 1.31. The van der Waals surface area contributed by atoms with Gasteiger partial charge in [0, 0.05) is 13.1 Å². The Morgan fingerprint density at radius 1 is 1.42 bits per heavy atom. The van der Waals surface area contributed by atoms with Crippen molar-refractivity contribution < 1.29 is 13.5 Å². The number of hydrogen-bond donors (Lipinski definition) is 1. The van der Waals surface area contributed by atoms with Gasteiger partial charge in [0.05, 0.1) is 11.5 Å². The zero-order valence-corrected chi connectivity index (χ0v) is 13.2. The molecular formula is C13H21NO3S2. The Hall–Kier alpha value is -0.430. The summed E-state index contributed by atoms with van der Waals surface area (Å²) in [7, 11) is -3.46. The van der Waals surface area contributed by atoms with Crippen molar-refractivity contribution >= 4 is 21.4 Å². The molecule has 2 unspecified atom stereocenters. The summed E-state index contributed by atoms with van der Waals surface area (Å²) in [5.41, 5.74) is 0.736. The van der Waals surface area contributed by atoms with Gasteiger partial charge in [0.25, 0.3) is 0 Å². The van der Waals surface area contributed by atoms with Crippen LogP contribution in [0.5, 0.6) is 0 Å². The van der Waals surface area contributed by atoms with E-state index in [0.29, 0.717) is 34.7 Å². The monoisotopic (exact) mass is 303 g/mol. The molecule has 6 heteroatoms. The fraction of sp³-hybridized carbons (Fsp3) is 0.692. The van der Waals surface area contributed by atoms with Crippen LogP contribution >= 0.6 is 11.3 Å². The Kier molecular flexibility index (Phi) is 4.35. The van der Waals surface area contributed by atoms with Crippen LogP contribution in [0.15, 0.2) is 10.3 Å². The molecule has 1 aromatic rings. The van der Waals surface area contributed by atoms with Crippen LogP contribution in [0, 0.1) is 18.8 Å². The van der Waals surface area contributed by atoms with Crippen LogP contribution in [0.25, 0.3) is 0 Å². The van der Waals surface area contributed by atoms with Crippen molar-refractivity contribution in [2.45, 2.75) is 38.7 Å². The van der Waals surface area contributed by atoms with Crippen LogP contribution in [0.1, 0.15) is 30.7 Å². The summed E-state index contributed by atoms with van der Waals surface area (Å²) < 4.78 is 27.0. The molecule has 0 aliphatic carbocycles. The summed E-state index contributed by atoms with van der Waals surface area (Å²) in [6, 6.07) is 0. The van der Waals surface area contributed by atoms with Gasteiger partial charge < -0.3 is 5.11 Å². The van der Waals surface area contributed by atoms with Gasteiger partial charge in [-0.2, -0.15) is 4.31 Å². The molecular weight excluding hydrogens is 282 g/mol. The molecule has 0 aromatic carbocycles. The molecule has 108 valence electrons. The third-order valence-corrected chi connectivity index (χ3v) is 7.34. The summed E-state index contributed by atoms with van der Waals surface area (Å²) in [4.78, 5) is 0.866. The van der Waals surface area contributed by atoms with Gasteiger partial charge in [-0.25, -0.2) is 8.42 Å². The number of aryl methyl sites for hydroxylation is 1. The fourth-order valence-corrected chi connectivity index (χ4v) is 5.68. The van der Waals surface area contributed by atoms with Gasteiger partial charge in [-0.05, 0) is 36.1 Å². The van der Waals surface area contributed by atoms with E-state index in [4.69, 9.17) is 0 Å². The Balaban J connectivity index is 2.35. The van der Waals surface area contributed by atoms with Crippen molar-refractivity contribution in [1.82, 2.24) is 4.31 Å². The van der Waals surface area contributed by atoms with E-state index >= 15 is 0 Å². The van der Waals surface area contributed by atoms with Crippen molar-refractivity contribution in [2.24, 2.45) is 11.8 Å². The quantitative estimate of drug-likeness (QED) is 0.931. The molecule has 0 spiro atoms. The first kappa shape index (κ1) is 15.0. The Labute approximate surface area is 119 Å². The maximum absolute atomic E-state index is 12.7. The second kappa shape index (κ2) is 5.52. The zero-order valence-electron chi connectivity index (χ0n) is 11.6. The maximum atomic E-state index is 12.7. The SMILES string of the molecule is Cc1csc(CO)c1S(=O)(=O)N1CCC(C)C(C)C1. The lowest BCUT2D eigenvalue weighted by molar-refractivity contribution is 0.212. The molecule has 1 aliphatic rings. The first-order valence-corrected chi connectivity index (χ1v) is 8.88. The lowest BCUT2D eigenvalue weighted by Gasteiger charge is -2.34. The second-order valence-electron chi connectivity index (χ2n) is 5.44. The molecule has 1 aromatic heterocycles. The first-order valence-electron chi connectivity index (χ1n) is 6.56. The number of sulfonamides is 1. The molecule has 1 fully saturated rings. The van der Waals surface area contributed by atoms with E-state index in [1.807, 2.05) is 0 Å². The minimum Gasteiger partial charge on any atom is -0.391 e.